The summed E-state index contributed by atoms with van der Waals surface area (Å²) in [5, 5.41) is 17.0. The Bertz CT molecular complexity index is 341. The standard InChI is InChI=1S/C10H15ClN2O2S/c1-7(14)6-12-3-4-13-10(15)9-8(11)2-5-16-9/h2,5,7,12,14H,3-4,6H2,1H3,(H,13,15). The minimum atomic E-state index is -0.373. The maximum atomic E-state index is 11.6. The van der Waals surface area contributed by atoms with Crippen LogP contribution in [-0.4, -0.2) is 36.8 Å². The average molecular weight is 263 g/mol. The number of amides is 1. The highest BCUT2D eigenvalue weighted by Gasteiger charge is 2.10. The van der Waals surface area contributed by atoms with Gasteiger partial charge >= 0.3 is 0 Å². The fourth-order valence-corrected chi connectivity index (χ4v) is 2.17. The molecule has 90 valence electrons. The van der Waals surface area contributed by atoms with Gasteiger partial charge in [-0.25, -0.2) is 0 Å². The minimum absolute atomic E-state index is 0.154. The summed E-state index contributed by atoms with van der Waals surface area (Å²) in [4.78, 5) is 12.1. The summed E-state index contributed by atoms with van der Waals surface area (Å²) in [6, 6.07) is 1.70. The predicted octanol–water partition coefficient (Wildman–Crippen LogP) is 1.10. The van der Waals surface area contributed by atoms with E-state index in [9.17, 15) is 4.79 Å². The van der Waals surface area contributed by atoms with Crippen molar-refractivity contribution < 1.29 is 9.90 Å². The van der Waals surface area contributed by atoms with Gasteiger partial charge in [0.15, 0.2) is 0 Å². The van der Waals surface area contributed by atoms with Crippen molar-refractivity contribution in [1.29, 1.82) is 0 Å². The SMILES string of the molecule is CC(O)CNCCNC(=O)c1sccc1Cl. The van der Waals surface area contributed by atoms with Crippen molar-refractivity contribution in [2.75, 3.05) is 19.6 Å². The van der Waals surface area contributed by atoms with Crippen LogP contribution in [0, 0.1) is 0 Å². The number of hydrogen-bond donors (Lipinski definition) is 3. The quantitative estimate of drug-likeness (QED) is 0.673. The lowest BCUT2D eigenvalue weighted by Crippen LogP contribution is -2.34. The van der Waals surface area contributed by atoms with Crippen molar-refractivity contribution in [3.05, 3.63) is 21.3 Å². The Morgan fingerprint density at radius 3 is 2.94 bits per heavy atom. The number of thiophene rings is 1. The van der Waals surface area contributed by atoms with E-state index >= 15 is 0 Å². The first kappa shape index (κ1) is 13.4. The molecule has 0 saturated carbocycles. The Balaban J connectivity index is 2.19. The number of hydrogen-bond acceptors (Lipinski definition) is 4. The molecule has 1 aromatic heterocycles. The second-order valence-electron chi connectivity index (χ2n) is 3.41. The molecule has 0 fully saturated rings. The normalized spacial score (nSPS) is 12.4. The third-order valence-electron chi connectivity index (χ3n) is 1.85. The summed E-state index contributed by atoms with van der Waals surface area (Å²) >= 11 is 7.14. The van der Waals surface area contributed by atoms with Gasteiger partial charge in [0.25, 0.3) is 5.91 Å². The summed E-state index contributed by atoms with van der Waals surface area (Å²) in [6.07, 6.45) is -0.373. The Morgan fingerprint density at radius 2 is 2.38 bits per heavy atom. The van der Waals surface area contributed by atoms with Crippen LogP contribution in [0.25, 0.3) is 0 Å². The number of carbonyl (C=O) groups excluding carboxylic acids is 1. The van der Waals surface area contributed by atoms with Gasteiger partial charge in [0.2, 0.25) is 0 Å². The van der Waals surface area contributed by atoms with Gasteiger partial charge in [-0.3, -0.25) is 4.79 Å². The molecular formula is C10H15ClN2O2S. The van der Waals surface area contributed by atoms with Crippen LogP contribution in [-0.2, 0) is 0 Å². The van der Waals surface area contributed by atoms with Crippen molar-refractivity contribution in [2.24, 2.45) is 0 Å². The number of aliphatic hydroxyl groups excluding tert-OH is 1. The van der Waals surface area contributed by atoms with Gasteiger partial charge in [0, 0.05) is 19.6 Å². The van der Waals surface area contributed by atoms with E-state index in [1.165, 1.54) is 11.3 Å². The lowest BCUT2D eigenvalue weighted by molar-refractivity contribution is 0.0958. The number of halogens is 1. The van der Waals surface area contributed by atoms with Gasteiger partial charge in [0.1, 0.15) is 4.88 Å². The first-order valence-electron chi connectivity index (χ1n) is 5.01. The van der Waals surface area contributed by atoms with E-state index in [0.29, 0.717) is 29.5 Å². The van der Waals surface area contributed by atoms with Crippen LogP contribution in [0.3, 0.4) is 0 Å². The van der Waals surface area contributed by atoms with Gasteiger partial charge in [0.05, 0.1) is 11.1 Å². The molecule has 0 bridgehead atoms. The van der Waals surface area contributed by atoms with Crippen molar-refractivity contribution in [3.8, 4) is 0 Å². The maximum absolute atomic E-state index is 11.6. The summed E-state index contributed by atoms with van der Waals surface area (Å²) in [5.74, 6) is -0.154. The molecule has 1 unspecified atom stereocenters. The van der Waals surface area contributed by atoms with Crippen LogP contribution in [0.15, 0.2) is 11.4 Å². The summed E-state index contributed by atoms with van der Waals surface area (Å²) in [5.41, 5.74) is 0. The average Bonchev–Trinajstić information content (AvgIpc) is 2.63. The minimum Gasteiger partial charge on any atom is -0.392 e. The molecule has 4 nitrogen and oxygen atoms in total. The molecule has 0 aromatic carbocycles. The highest BCUT2D eigenvalue weighted by molar-refractivity contribution is 7.12. The van der Waals surface area contributed by atoms with E-state index in [1.54, 1.807) is 18.4 Å². The van der Waals surface area contributed by atoms with Crippen molar-refractivity contribution >= 4 is 28.8 Å². The lowest BCUT2D eigenvalue weighted by Gasteiger charge is -2.07. The van der Waals surface area contributed by atoms with Crippen molar-refractivity contribution in [1.82, 2.24) is 10.6 Å². The molecule has 0 radical (unpaired) electrons. The van der Waals surface area contributed by atoms with Crippen LogP contribution in [0.2, 0.25) is 5.02 Å². The Morgan fingerprint density at radius 1 is 1.62 bits per heavy atom. The van der Waals surface area contributed by atoms with E-state index in [0.717, 1.165) is 0 Å². The molecule has 1 amide bonds. The first-order chi connectivity index (χ1) is 7.61. The van der Waals surface area contributed by atoms with E-state index in [-0.39, 0.29) is 12.0 Å². The molecule has 0 saturated heterocycles. The van der Waals surface area contributed by atoms with Crippen LogP contribution in [0.4, 0.5) is 0 Å². The highest BCUT2D eigenvalue weighted by atomic mass is 35.5. The molecule has 1 aromatic rings. The van der Waals surface area contributed by atoms with E-state index < -0.39 is 0 Å². The molecule has 0 aliphatic rings. The van der Waals surface area contributed by atoms with Crippen LogP contribution < -0.4 is 10.6 Å². The molecule has 0 aliphatic heterocycles. The van der Waals surface area contributed by atoms with Crippen molar-refractivity contribution in [3.63, 3.8) is 0 Å². The zero-order valence-corrected chi connectivity index (χ0v) is 10.6. The third-order valence-corrected chi connectivity index (χ3v) is 3.19. The first-order valence-corrected chi connectivity index (χ1v) is 6.27. The van der Waals surface area contributed by atoms with Gasteiger partial charge in [-0.2, -0.15) is 0 Å². The predicted molar refractivity (Wildman–Crippen MR) is 66.2 cm³/mol. The van der Waals surface area contributed by atoms with E-state index in [4.69, 9.17) is 16.7 Å². The zero-order valence-electron chi connectivity index (χ0n) is 9.00. The lowest BCUT2D eigenvalue weighted by atomic mass is 10.4. The van der Waals surface area contributed by atoms with Crippen LogP contribution >= 0.6 is 22.9 Å². The second-order valence-corrected chi connectivity index (χ2v) is 4.73. The molecule has 0 aliphatic carbocycles. The molecular weight excluding hydrogens is 248 g/mol. The number of nitrogens with one attached hydrogen (secondary N) is 2. The molecule has 16 heavy (non-hydrogen) atoms. The monoisotopic (exact) mass is 262 g/mol. The number of rotatable bonds is 6. The summed E-state index contributed by atoms with van der Waals surface area (Å²) < 4.78 is 0. The van der Waals surface area contributed by atoms with E-state index in [1.807, 2.05) is 0 Å². The molecule has 1 rings (SSSR count). The van der Waals surface area contributed by atoms with Crippen molar-refractivity contribution in [2.45, 2.75) is 13.0 Å². The fraction of sp³-hybridized carbons (Fsp3) is 0.500. The molecule has 6 heteroatoms. The second kappa shape index (κ2) is 6.85. The Hall–Kier alpha value is -0.620. The van der Waals surface area contributed by atoms with Crippen LogP contribution in [0.5, 0.6) is 0 Å². The maximum Gasteiger partial charge on any atom is 0.262 e. The Kier molecular flexibility index (Phi) is 5.76. The van der Waals surface area contributed by atoms with Gasteiger partial charge in [-0.05, 0) is 18.4 Å². The number of carbonyl (C=O) groups is 1. The van der Waals surface area contributed by atoms with E-state index in [2.05, 4.69) is 10.6 Å². The van der Waals surface area contributed by atoms with Gasteiger partial charge in [-0.1, -0.05) is 11.6 Å². The van der Waals surface area contributed by atoms with Gasteiger partial charge < -0.3 is 15.7 Å². The molecule has 1 atom stereocenters. The Labute approximate surface area is 104 Å². The largest absolute Gasteiger partial charge is 0.392 e. The topological polar surface area (TPSA) is 61.4 Å². The molecule has 1 heterocycles. The summed E-state index contributed by atoms with van der Waals surface area (Å²) in [7, 11) is 0. The fourth-order valence-electron chi connectivity index (χ4n) is 1.11. The highest BCUT2D eigenvalue weighted by Crippen LogP contribution is 2.21. The smallest absolute Gasteiger partial charge is 0.262 e. The molecule has 3 N–H and O–H groups in total. The van der Waals surface area contributed by atoms with Crippen LogP contribution in [0.1, 0.15) is 16.6 Å². The van der Waals surface area contributed by atoms with Gasteiger partial charge in [-0.15, -0.1) is 11.3 Å². The third kappa shape index (κ3) is 4.49. The molecule has 0 spiro atoms. The summed E-state index contributed by atoms with van der Waals surface area (Å²) in [6.45, 7) is 3.37. The zero-order chi connectivity index (χ0) is 12.0. The number of aliphatic hydroxyl groups is 1.